The van der Waals surface area contributed by atoms with Crippen LogP contribution in [0.25, 0.3) is 30.3 Å². The molecule has 4 aromatic carbocycles. The Hall–Kier alpha value is -1.90. The minimum atomic E-state index is 1.02. The van der Waals surface area contributed by atoms with Gasteiger partial charge in [0.05, 0.1) is 20.2 Å². The van der Waals surface area contributed by atoms with E-state index in [1.165, 1.54) is 61.0 Å². The lowest BCUT2D eigenvalue weighted by Gasteiger charge is -2.06. The third kappa shape index (κ3) is 2.91. The largest absolute Gasteiger partial charge is 0.172 e. The minimum Gasteiger partial charge on any atom is -0.172 e. The summed E-state index contributed by atoms with van der Waals surface area (Å²) in [5, 5.41) is 4.95. The first-order valence-electron chi connectivity index (χ1n) is 9.68. The third-order valence-electron chi connectivity index (χ3n) is 5.35. The fourth-order valence-corrected chi connectivity index (χ4v) is 9.75. The highest BCUT2D eigenvalue weighted by Crippen LogP contribution is 2.53. The molecule has 31 heavy (non-hydrogen) atoms. The number of rotatable bonds is 0. The molecule has 0 amide bonds. The zero-order valence-corrected chi connectivity index (χ0v) is 19.9. The van der Waals surface area contributed by atoms with E-state index >= 15 is 0 Å². The second-order valence-electron chi connectivity index (χ2n) is 7.13. The predicted octanol–water partition coefficient (Wildman–Crippen LogP) is 6.77. The predicted molar refractivity (Wildman–Crippen MR) is 137 cm³/mol. The number of hydrogen-bond donors (Lipinski definition) is 0. The second kappa shape index (κ2) is 7.32. The normalized spacial score (nSPS) is 15.1. The summed E-state index contributed by atoms with van der Waals surface area (Å²) in [7, 11) is 0. The van der Waals surface area contributed by atoms with Gasteiger partial charge in [-0.05, 0) is 35.0 Å². The van der Waals surface area contributed by atoms with Crippen molar-refractivity contribution in [1.82, 2.24) is 8.75 Å². The van der Waals surface area contributed by atoms with Crippen LogP contribution in [0, 0.1) is 0 Å². The Morgan fingerprint density at radius 1 is 0.452 bits per heavy atom. The Kier molecular flexibility index (Phi) is 4.40. The van der Waals surface area contributed by atoms with Crippen LogP contribution in [-0.4, -0.2) is 8.75 Å². The number of benzene rings is 4. The van der Waals surface area contributed by atoms with Crippen molar-refractivity contribution in [3.8, 4) is 0 Å². The maximum Gasteiger partial charge on any atom is 0.115 e. The molecule has 0 bridgehead atoms. The lowest BCUT2D eigenvalue weighted by atomic mass is 10.1. The SMILES string of the molecule is c1ccc2c(c1)SC(=c1c3ccccc3c(=C3Sc4ccccc4S3)c3nsnc13)S2. The van der Waals surface area contributed by atoms with Gasteiger partial charge in [0, 0.05) is 30.0 Å². The van der Waals surface area contributed by atoms with E-state index in [4.69, 9.17) is 8.75 Å². The highest BCUT2D eigenvalue weighted by atomic mass is 32.2. The number of hydrogen-bond acceptors (Lipinski definition) is 7. The van der Waals surface area contributed by atoms with Gasteiger partial charge in [-0.2, -0.15) is 8.75 Å². The maximum atomic E-state index is 4.81. The summed E-state index contributed by atoms with van der Waals surface area (Å²) in [5.74, 6) is 0. The van der Waals surface area contributed by atoms with Crippen LogP contribution < -0.4 is 10.4 Å². The van der Waals surface area contributed by atoms with Gasteiger partial charge in [-0.3, -0.25) is 0 Å². The molecule has 148 valence electrons. The van der Waals surface area contributed by atoms with E-state index in [-0.39, 0.29) is 0 Å². The standard InChI is InChI=1S/C24H12N2S5/c1-2-8-14-13(7-1)19(23-27-15-9-3-4-10-16(15)28-23)21-22(26-31-25-21)20(14)24-29-17-11-5-6-12-18(17)30-24/h1-12H. The average Bonchev–Trinajstić information content (AvgIpc) is 3.54. The highest BCUT2D eigenvalue weighted by Gasteiger charge is 2.24. The zero-order valence-electron chi connectivity index (χ0n) is 15.9. The summed E-state index contributed by atoms with van der Waals surface area (Å²) >= 11 is 8.71. The van der Waals surface area contributed by atoms with Gasteiger partial charge in [0.2, 0.25) is 0 Å². The number of aromatic nitrogens is 2. The van der Waals surface area contributed by atoms with Crippen molar-refractivity contribution < 1.29 is 0 Å². The van der Waals surface area contributed by atoms with Crippen LogP contribution in [0.4, 0.5) is 0 Å². The molecule has 0 unspecified atom stereocenters. The highest BCUT2D eigenvalue weighted by molar-refractivity contribution is 8.32. The molecule has 0 fully saturated rings. The van der Waals surface area contributed by atoms with Crippen LogP contribution >= 0.6 is 58.8 Å². The summed E-state index contributed by atoms with van der Waals surface area (Å²) < 4.78 is 12.2. The van der Waals surface area contributed by atoms with Crippen molar-refractivity contribution in [2.45, 2.75) is 19.6 Å². The Bertz CT molecular complexity index is 1480. The Labute approximate surface area is 199 Å². The van der Waals surface area contributed by atoms with Gasteiger partial charge in [-0.15, -0.1) is 0 Å². The molecule has 2 aliphatic heterocycles. The van der Waals surface area contributed by atoms with Crippen molar-refractivity contribution in [2.24, 2.45) is 0 Å². The fraction of sp³-hybridized carbons (Fsp3) is 0. The molecule has 0 spiro atoms. The molecule has 0 aliphatic carbocycles. The summed E-state index contributed by atoms with van der Waals surface area (Å²) in [6, 6.07) is 26.0. The summed E-state index contributed by atoms with van der Waals surface area (Å²) in [5.41, 5.74) is 2.04. The van der Waals surface area contributed by atoms with Crippen LogP contribution in [0.1, 0.15) is 0 Å². The third-order valence-corrected chi connectivity index (χ3v) is 11.0. The van der Waals surface area contributed by atoms with E-state index in [1.807, 2.05) is 47.0 Å². The second-order valence-corrected chi connectivity index (χ2v) is 12.4. The van der Waals surface area contributed by atoms with Crippen molar-refractivity contribution >= 4 is 89.1 Å². The van der Waals surface area contributed by atoms with Gasteiger partial charge < -0.3 is 0 Å². The molecule has 2 aliphatic rings. The van der Waals surface area contributed by atoms with Crippen LogP contribution in [0.15, 0.2) is 92.4 Å². The lowest BCUT2D eigenvalue weighted by Crippen LogP contribution is -2.16. The van der Waals surface area contributed by atoms with Crippen LogP contribution in [0.5, 0.6) is 0 Å². The Morgan fingerprint density at radius 2 is 0.806 bits per heavy atom. The topological polar surface area (TPSA) is 25.8 Å². The van der Waals surface area contributed by atoms with Crippen molar-refractivity contribution in [2.75, 3.05) is 0 Å². The molecular weight excluding hydrogens is 477 g/mol. The van der Waals surface area contributed by atoms with E-state index in [0.29, 0.717) is 0 Å². The Balaban J connectivity index is 1.61. The van der Waals surface area contributed by atoms with Crippen molar-refractivity contribution in [3.05, 3.63) is 83.2 Å². The lowest BCUT2D eigenvalue weighted by molar-refractivity contribution is 1.27. The summed E-state index contributed by atoms with van der Waals surface area (Å²) in [6.07, 6.45) is 0. The van der Waals surface area contributed by atoms with Gasteiger partial charge in [0.15, 0.2) is 0 Å². The average molecular weight is 489 g/mol. The van der Waals surface area contributed by atoms with E-state index in [0.717, 1.165) is 11.0 Å². The first-order valence-corrected chi connectivity index (χ1v) is 13.7. The molecule has 0 saturated carbocycles. The van der Waals surface area contributed by atoms with Gasteiger partial charge in [0.25, 0.3) is 0 Å². The van der Waals surface area contributed by atoms with Crippen LogP contribution in [-0.2, 0) is 0 Å². The summed E-state index contributed by atoms with van der Waals surface area (Å²) in [6.45, 7) is 0. The quantitative estimate of drug-likeness (QED) is 0.239. The van der Waals surface area contributed by atoms with Gasteiger partial charge in [-0.25, -0.2) is 0 Å². The molecule has 2 nitrogen and oxygen atoms in total. The molecule has 7 heteroatoms. The smallest absolute Gasteiger partial charge is 0.115 e. The molecule has 7 rings (SSSR count). The molecule has 5 aromatic rings. The molecular formula is C24H12N2S5. The van der Waals surface area contributed by atoms with Crippen molar-refractivity contribution in [1.29, 1.82) is 0 Å². The van der Waals surface area contributed by atoms with E-state index < -0.39 is 0 Å². The van der Waals surface area contributed by atoms with Crippen LogP contribution in [0.2, 0.25) is 0 Å². The summed E-state index contributed by atoms with van der Waals surface area (Å²) in [4.78, 5) is 5.27. The first-order chi connectivity index (χ1) is 15.4. The fourth-order valence-electron chi connectivity index (χ4n) is 3.99. The van der Waals surface area contributed by atoms with Gasteiger partial charge in [0.1, 0.15) is 11.0 Å². The molecule has 0 radical (unpaired) electrons. The molecule has 1 aromatic heterocycles. The molecule has 0 saturated heterocycles. The molecule has 3 heterocycles. The first kappa shape index (κ1) is 18.7. The van der Waals surface area contributed by atoms with E-state index in [1.54, 1.807) is 0 Å². The van der Waals surface area contributed by atoms with Gasteiger partial charge >= 0.3 is 0 Å². The number of nitrogens with zero attached hydrogens (tertiary/aromatic N) is 2. The van der Waals surface area contributed by atoms with Crippen LogP contribution in [0.3, 0.4) is 0 Å². The van der Waals surface area contributed by atoms with E-state index in [2.05, 4.69) is 72.8 Å². The minimum absolute atomic E-state index is 1.02. The Morgan fingerprint density at radius 3 is 1.19 bits per heavy atom. The van der Waals surface area contributed by atoms with Gasteiger partial charge in [-0.1, -0.05) is 95.6 Å². The zero-order chi connectivity index (χ0) is 20.4. The number of thioether (sulfide) groups is 4. The van der Waals surface area contributed by atoms with Crippen molar-refractivity contribution in [3.63, 3.8) is 0 Å². The monoisotopic (exact) mass is 488 g/mol. The van der Waals surface area contributed by atoms with E-state index in [9.17, 15) is 0 Å². The number of fused-ring (bicyclic) bond motifs is 4. The molecule has 0 atom stereocenters. The maximum absolute atomic E-state index is 4.81. The molecule has 0 N–H and O–H groups in total.